The summed E-state index contributed by atoms with van der Waals surface area (Å²) in [5.74, 6) is -1.40. The zero-order valence-electron chi connectivity index (χ0n) is 13.8. The first-order chi connectivity index (χ1) is 12.0. The molecule has 0 aliphatic heterocycles. The molecule has 126 valence electrons. The Morgan fingerprint density at radius 1 is 1.04 bits per heavy atom. The molecule has 0 aliphatic rings. The fourth-order valence-electron chi connectivity index (χ4n) is 2.09. The molecule has 0 heterocycles. The van der Waals surface area contributed by atoms with Crippen molar-refractivity contribution in [1.82, 2.24) is 0 Å². The van der Waals surface area contributed by atoms with E-state index in [1.807, 2.05) is 6.92 Å². The van der Waals surface area contributed by atoms with Crippen LogP contribution in [0.1, 0.15) is 21.5 Å². The molecular formula is C19H16N2O4. The highest BCUT2D eigenvalue weighted by Gasteiger charge is 2.29. The van der Waals surface area contributed by atoms with Crippen molar-refractivity contribution >= 4 is 23.0 Å². The Morgan fingerprint density at radius 3 is 2.12 bits per heavy atom. The van der Waals surface area contributed by atoms with Crippen LogP contribution in [0.4, 0.5) is 0 Å². The number of ether oxygens (including phenoxy) is 1. The summed E-state index contributed by atoms with van der Waals surface area (Å²) in [4.78, 5) is 27.3. The van der Waals surface area contributed by atoms with Crippen molar-refractivity contribution in [3.05, 3.63) is 76.8 Å². The average Bonchev–Trinajstić information content (AvgIpc) is 2.62. The maximum atomic E-state index is 12.3. The number of ketones is 2. The summed E-state index contributed by atoms with van der Waals surface area (Å²) in [6.45, 7) is 1.86. The summed E-state index contributed by atoms with van der Waals surface area (Å²) < 4.78 is 5.01. The second kappa shape index (κ2) is 7.86. The zero-order chi connectivity index (χ0) is 18.4. The molecular weight excluding hydrogens is 320 g/mol. The number of allylic oxidation sites excluding steroid dienone is 1. The van der Waals surface area contributed by atoms with Crippen LogP contribution in [0.2, 0.25) is 0 Å². The molecule has 0 unspecified atom stereocenters. The summed E-state index contributed by atoms with van der Waals surface area (Å²) >= 11 is 0. The van der Waals surface area contributed by atoms with Crippen molar-refractivity contribution in [3.63, 3.8) is 0 Å². The summed E-state index contributed by atoms with van der Waals surface area (Å²) in [6, 6.07) is 12.8. The second-order valence-corrected chi connectivity index (χ2v) is 5.27. The number of aliphatic hydroxyl groups is 1. The van der Waals surface area contributed by atoms with Crippen molar-refractivity contribution < 1.29 is 24.2 Å². The number of hydrogen-bond donors (Lipinski definition) is 1. The van der Waals surface area contributed by atoms with Crippen LogP contribution in [-0.2, 0) is 4.79 Å². The van der Waals surface area contributed by atoms with Gasteiger partial charge in [0.15, 0.2) is 0 Å². The highest BCUT2D eigenvalue weighted by molar-refractivity contribution is 6.69. The molecule has 0 spiro atoms. The lowest BCUT2D eigenvalue weighted by atomic mass is 10.0. The van der Waals surface area contributed by atoms with Crippen LogP contribution in [0.15, 0.2) is 54.6 Å². The van der Waals surface area contributed by atoms with Gasteiger partial charge in [-0.2, -0.15) is 4.79 Å². The third kappa shape index (κ3) is 4.28. The number of hydrogen-bond acceptors (Lipinski definition) is 4. The molecule has 0 saturated heterocycles. The second-order valence-electron chi connectivity index (χ2n) is 5.27. The molecule has 6 nitrogen and oxygen atoms in total. The minimum atomic E-state index is -0.901. The minimum Gasteiger partial charge on any atom is -0.507 e. The fraction of sp³-hybridized carbons (Fsp3) is 0.105. The van der Waals surface area contributed by atoms with Crippen LogP contribution in [0.25, 0.3) is 11.3 Å². The zero-order valence-corrected chi connectivity index (χ0v) is 13.8. The molecule has 2 aromatic carbocycles. The lowest BCUT2D eigenvalue weighted by Crippen LogP contribution is -2.24. The van der Waals surface area contributed by atoms with Crippen LogP contribution in [-0.4, -0.2) is 34.3 Å². The van der Waals surface area contributed by atoms with Crippen LogP contribution < -0.4 is 4.74 Å². The Bertz CT molecular complexity index is 875. The van der Waals surface area contributed by atoms with Crippen molar-refractivity contribution in [2.45, 2.75) is 6.92 Å². The third-order valence-electron chi connectivity index (χ3n) is 3.52. The van der Waals surface area contributed by atoms with E-state index in [4.69, 9.17) is 10.3 Å². The number of methoxy groups -OCH3 is 1. The normalized spacial score (nSPS) is 10.7. The van der Waals surface area contributed by atoms with E-state index in [0.717, 1.165) is 11.6 Å². The summed E-state index contributed by atoms with van der Waals surface area (Å²) in [6.07, 6.45) is 0.836. The number of nitrogens with zero attached hydrogens (tertiary/aromatic N) is 2. The van der Waals surface area contributed by atoms with E-state index in [1.54, 1.807) is 36.4 Å². The van der Waals surface area contributed by atoms with Crippen molar-refractivity contribution in [2.24, 2.45) is 0 Å². The SMILES string of the molecule is COc1ccc(C(O)=CC(=O)C(=[N+]=[N-])C(=O)c2ccc(C)cc2)cc1. The lowest BCUT2D eigenvalue weighted by molar-refractivity contribution is -0.112. The summed E-state index contributed by atoms with van der Waals surface area (Å²) in [5.41, 5.74) is 9.89. The topological polar surface area (TPSA) is 100 Å². The molecule has 25 heavy (non-hydrogen) atoms. The van der Waals surface area contributed by atoms with E-state index in [0.29, 0.717) is 11.3 Å². The maximum Gasteiger partial charge on any atom is 0.409 e. The Kier molecular flexibility index (Phi) is 5.61. The molecule has 0 aliphatic carbocycles. The largest absolute Gasteiger partial charge is 0.507 e. The highest BCUT2D eigenvalue weighted by atomic mass is 16.5. The van der Waals surface area contributed by atoms with Gasteiger partial charge in [0.25, 0.3) is 11.6 Å². The Hall–Kier alpha value is -3.50. The van der Waals surface area contributed by atoms with Crippen molar-refractivity contribution in [3.8, 4) is 5.75 Å². The maximum absolute atomic E-state index is 12.3. The Labute approximate surface area is 144 Å². The highest BCUT2D eigenvalue weighted by Crippen LogP contribution is 2.17. The van der Waals surface area contributed by atoms with Gasteiger partial charge in [0.1, 0.15) is 11.5 Å². The third-order valence-corrected chi connectivity index (χ3v) is 3.52. The van der Waals surface area contributed by atoms with Gasteiger partial charge in [-0.3, -0.25) is 9.59 Å². The molecule has 0 fully saturated rings. The number of benzene rings is 2. The Morgan fingerprint density at radius 2 is 1.60 bits per heavy atom. The molecule has 0 aromatic heterocycles. The smallest absolute Gasteiger partial charge is 0.409 e. The van der Waals surface area contributed by atoms with Crippen LogP contribution in [0.5, 0.6) is 5.75 Å². The van der Waals surface area contributed by atoms with Gasteiger partial charge in [-0.1, -0.05) is 29.8 Å². The molecule has 1 N–H and O–H groups in total. The van der Waals surface area contributed by atoms with Crippen LogP contribution >= 0.6 is 0 Å². The number of rotatable bonds is 6. The molecule has 2 rings (SSSR count). The van der Waals surface area contributed by atoms with Gasteiger partial charge >= 0.3 is 5.71 Å². The number of aryl methyl sites for hydroxylation is 1. The van der Waals surface area contributed by atoms with Gasteiger partial charge in [0.2, 0.25) is 0 Å². The van der Waals surface area contributed by atoms with Gasteiger partial charge in [-0.05, 0) is 31.2 Å². The predicted molar refractivity (Wildman–Crippen MR) is 92.7 cm³/mol. The first-order valence-corrected chi connectivity index (χ1v) is 7.39. The number of aliphatic hydroxyl groups excluding tert-OH is 1. The fourth-order valence-corrected chi connectivity index (χ4v) is 2.09. The minimum absolute atomic E-state index is 0.212. The van der Waals surface area contributed by atoms with Gasteiger partial charge in [-0.15, -0.1) is 0 Å². The molecule has 0 amide bonds. The van der Waals surface area contributed by atoms with Crippen LogP contribution in [0, 0.1) is 6.92 Å². The molecule has 2 aromatic rings. The number of carbonyl (C=O) groups excluding carboxylic acids is 2. The monoisotopic (exact) mass is 336 g/mol. The van der Waals surface area contributed by atoms with Crippen molar-refractivity contribution in [1.29, 1.82) is 0 Å². The lowest BCUT2D eigenvalue weighted by Gasteiger charge is -2.02. The van der Waals surface area contributed by atoms with Gasteiger partial charge in [0.05, 0.1) is 7.11 Å². The van der Waals surface area contributed by atoms with E-state index in [1.165, 1.54) is 19.2 Å². The molecule has 0 radical (unpaired) electrons. The van der Waals surface area contributed by atoms with Gasteiger partial charge in [0, 0.05) is 17.2 Å². The summed E-state index contributed by atoms with van der Waals surface area (Å²) in [7, 11) is 1.51. The predicted octanol–water partition coefficient (Wildman–Crippen LogP) is 3.03. The Balaban J connectivity index is 2.25. The molecule has 0 bridgehead atoms. The van der Waals surface area contributed by atoms with E-state index >= 15 is 0 Å². The van der Waals surface area contributed by atoms with E-state index in [2.05, 4.69) is 4.79 Å². The summed E-state index contributed by atoms with van der Waals surface area (Å²) in [5, 5.41) is 10.0. The average molecular weight is 336 g/mol. The number of carbonyl (C=O) groups is 2. The standard InChI is InChI=1S/C19H16N2O4/c1-12-3-5-14(6-4-12)19(24)18(21-20)17(23)11-16(22)13-7-9-15(25-2)10-8-13/h3-11,22H,1-2H3. The molecule has 0 atom stereocenters. The van der Waals surface area contributed by atoms with Gasteiger partial charge in [-0.25, -0.2) is 0 Å². The first kappa shape index (κ1) is 17.8. The van der Waals surface area contributed by atoms with E-state index in [9.17, 15) is 14.7 Å². The quantitative estimate of drug-likeness (QED) is 0.167. The van der Waals surface area contributed by atoms with E-state index in [-0.39, 0.29) is 11.3 Å². The molecule has 6 heteroatoms. The van der Waals surface area contributed by atoms with Gasteiger partial charge < -0.3 is 15.4 Å². The molecule has 0 saturated carbocycles. The van der Waals surface area contributed by atoms with Crippen LogP contribution in [0.3, 0.4) is 0 Å². The van der Waals surface area contributed by atoms with E-state index < -0.39 is 17.3 Å². The number of Topliss-reactive ketones (excluding diaryl/α,β-unsaturated/α-hetero) is 1. The van der Waals surface area contributed by atoms with Crippen molar-refractivity contribution in [2.75, 3.05) is 7.11 Å². The first-order valence-electron chi connectivity index (χ1n) is 7.39.